The molecule has 0 aromatic carbocycles. The Labute approximate surface area is 111 Å². The van der Waals surface area contributed by atoms with E-state index in [1.165, 1.54) is 32.8 Å². The SMILES string of the molecule is CCCCN(CCC(C)(NC)C(=O)OC)C1CC1. The van der Waals surface area contributed by atoms with Gasteiger partial charge >= 0.3 is 5.97 Å². The number of hydrogen-bond donors (Lipinski definition) is 1. The smallest absolute Gasteiger partial charge is 0.325 e. The van der Waals surface area contributed by atoms with Gasteiger partial charge in [-0.1, -0.05) is 13.3 Å². The molecule has 106 valence electrons. The van der Waals surface area contributed by atoms with Crippen LogP contribution in [0.4, 0.5) is 0 Å². The first-order valence-electron chi connectivity index (χ1n) is 7.08. The lowest BCUT2D eigenvalue weighted by atomic mass is 9.98. The number of carbonyl (C=O) groups excluding carboxylic acids is 1. The highest BCUT2D eigenvalue weighted by molar-refractivity contribution is 5.80. The van der Waals surface area contributed by atoms with Gasteiger partial charge in [-0.15, -0.1) is 0 Å². The van der Waals surface area contributed by atoms with Crippen LogP contribution in [0.15, 0.2) is 0 Å². The van der Waals surface area contributed by atoms with E-state index in [0.717, 1.165) is 25.6 Å². The minimum Gasteiger partial charge on any atom is -0.468 e. The van der Waals surface area contributed by atoms with Gasteiger partial charge < -0.3 is 15.0 Å². The summed E-state index contributed by atoms with van der Waals surface area (Å²) in [6, 6.07) is 0.760. The lowest BCUT2D eigenvalue weighted by Gasteiger charge is -2.30. The summed E-state index contributed by atoms with van der Waals surface area (Å²) in [4.78, 5) is 14.3. The fourth-order valence-electron chi connectivity index (χ4n) is 2.20. The summed E-state index contributed by atoms with van der Waals surface area (Å²) in [7, 11) is 3.28. The fraction of sp³-hybridized carbons (Fsp3) is 0.929. The van der Waals surface area contributed by atoms with Gasteiger partial charge in [-0.2, -0.15) is 0 Å². The summed E-state index contributed by atoms with van der Waals surface area (Å²) in [5.41, 5.74) is -0.561. The van der Waals surface area contributed by atoms with Gasteiger partial charge in [-0.05, 0) is 46.2 Å². The van der Waals surface area contributed by atoms with Crippen LogP contribution in [0.1, 0.15) is 46.0 Å². The first kappa shape index (κ1) is 15.4. The molecule has 1 aliphatic rings. The highest BCUT2D eigenvalue weighted by Gasteiger charge is 2.35. The molecule has 1 aliphatic carbocycles. The van der Waals surface area contributed by atoms with E-state index in [4.69, 9.17) is 4.74 Å². The van der Waals surface area contributed by atoms with Gasteiger partial charge in [0.15, 0.2) is 0 Å². The molecule has 1 N–H and O–H groups in total. The number of methoxy groups -OCH3 is 1. The zero-order chi connectivity index (χ0) is 13.6. The number of nitrogens with one attached hydrogen (secondary N) is 1. The third kappa shape index (κ3) is 4.25. The predicted molar refractivity (Wildman–Crippen MR) is 73.6 cm³/mol. The monoisotopic (exact) mass is 256 g/mol. The Balaban J connectivity index is 2.46. The minimum absolute atomic E-state index is 0.170. The topological polar surface area (TPSA) is 41.6 Å². The molecule has 0 aliphatic heterocycles. The Kier molecular flexibility index (Phi) is 6.09. The number of esters is 1. The van der Waals surface area contributed by atoms with E-state index in [9.17, 15) is 4.79 Å². The van der Waals surface area contributed by atoms with Crippen molar-refractivity contribution in [2.45, 2.75) is 57.5 Å². The van der Waals surface area contributed by atoms with E-state index < -0.39 is 5.54 Å². The number of rotatable bonds is 9. The summed E-state index contributed by atoms with van der Waals surface area (Å²) in [5.74, 6) is -0.170. The van der Waals surface area contributed by atoms with Crippen LogP contribution in [-0.4, -0.2) is 49.7 Å². The Morgan fingerprint density at radius 2 is 2.11 bits per heavy atom. The molecule has 1 rings (SSSR count). The highest BCUT2D eigenvalue weighted by atomic mass is 16.5. The first-order chi connectivity index (χ1) is 8.57. The largest absolute Gasteiger partial charge is 0.468 e. The van der Waals surface area contributed by atoms with Gasteiger partial charge in [0.2, 0.25) is 0 Å². The van der Waals surface area contributed by atoms with Crippen LogP contribution in [-0.2, 0) is 9.53 Å². The molecule has 4 nitrogen and oxygen atoms in total. The Morgan fingerprint density at radius 1 is 1.44 bits per heavy atom. The highest BCUT2D eigenvalue weighted by Crippen LogP contribution is 2.28. The van der Waals surface area contributed by atoms with Crippen molar-refractivity contribution in [2.75, 3.05) is 27.2 Å². The number of carbonyl (C=O) groups is 1. The normalized spacial score (nSPS) is 18.7. The van der Waals surface area contributed by atoms with Crippen molar-refractivity contribution in [3.8, 4) is 0 Å². The maximum absolute atomic E-state index is 11.8. The summed E-state index contributed by atoms with van der Waals surface area (Å²) in [6.07, 6.45) is 5.90. The van der Waals surface area contributed by atoms with Crippen molar-refractivity contribution >= 4 is 5.97 Å². The van der Waals surface area contributed by atoms with Gasteiger partial charge in [-0.3, -0.25) is 4.79 Å². The maximum Gasteiger partial charge on any atom is 0.325 e. The Hall–Kier alpha value is -0.610. The quantitative estimate of drug-likeness (QED) is 0.639. The molecule has 18 heavy (non-hydrogen) atoms. The lowest BCUT2D eigenvalue weighted by molar-refractivity contribution is -0.148. The molecule has 0 aromatic heterocycles. The van der Waals surface area contributed by atoms with E-state index in [2.05, 4.69) is 17.1 Å². The van der Waals surface area contributed by atoms with Crippen LogP contribution >= 0.6 is 0 Å². The molecule has 1 saturated carbocycles. The second-order valence-corrected chi connectivity index (χ2v) is 5.44. The molecular formula is C14H28N2O2. The van der Waals surface area contributed by atoms with Gasteiger partial charge in [0.05, 0.1) is 7.11 Å². The van der Waals surface area contributed by atoms with Crippen LogP contribution < -0.4 is 5.32 Å². The average Bonchev–Trinajstić information content (AvgIpc) is 3.21. The third-order valence-electron chi connectivity index (χ3n) is 3.95. The standard InChI is InChI=1S/C14H28N2O2/c1-5-6-10-16(12-7-8-12)11-9-14(2,15-3)13(17)18-4/h12,15H,5-11H2,1-4H3. The molecule has 1 fully saturated rings. The molecule has 0 heterocycles. The Morgan fingerprint density at radius 3 is 2.56 bits per heavy atom. The number of hydrogen-bond acceptors (Lipinski definition) is 4. The predicted octanol–water partition coefficient (Wildman–Crippen LogP) is 1.79. The number of nitrogens with zero attached hydrogens (tertiary/aromatic N) is 1. The molecule has 1 unspecified atom stereocenters. The molecule has 1 atom stereocenters. The summed E-state index contributed by atoms with van der Waals surface area (Å²) in [6.45, 7) is 6.26. The van der Waals surface area contributed by atoms with Gasteiger partial charge in [0, 0.05) is 12.6 Å². The number of unbranched alkanes of at least 4 members (excludes halogenated alkanes) is 1. The van der Waals surface area contributed by atoms with Crippen molar-refractivity contribution in [2.24, 2.45) is 0 Å². The van der Waals surface area contributed by atoms with Gasteiger partial charge in [0.1, 0.15) is 5.54 Å². The first-order valence-corrected chi connectivity index (χ1v) is 7.08. The molecule has 0 spiro atoms. The molecule has 0 saturated heterocycles. The summed E-state index contributed by atoms with van der Waals surface area (Å²) >= 11 is 0. The van der Waals surface area contributed by atoms with Gasteiger partial charge in [0.25, 0.3) is 0 Å². The maximum atomic E-state index is 11.8. The van der Waals surface area contributed by atoms with Crippen LogP contribution in [0, 0.1) is 0 Å². The fourth-order valence-corrected chi connectivity index (χ4v) is 2.20. The van der Waals surface area contributed by atoms with Crippen LogP contribution in [0.25, 0.3) is 0 Å². The number of likely N-dealkylation sites (N-methyl/N-ethyl adjacent to an activating group) is 1. The summed E-state index contributed by atoms with van der Waals surface area (Å²) in [5, 5.41) is 3.10. The van der Waals surface area contributed by atoms with Crippen molar-refractivity contribution in [1.82, 2.24) is 10.2 Å². The van der Waals surface area contributed by atoms with Crippen molar-refractivity contribution in [3.63, 3.8) is 0 Å². The zero-order valence-corrected chi connectivity index (χ0v) is 12.3. The van der Waals surface area contributed by atoms with Crippen molar-refractivity contribution in [3.05, 3.63) is 0 Å². The van der Waals surface area contributed by atoms with E-state index in [-0.39, 0.29) is 5.97 Å². The second-order valence-electron chi connectivity index (χ2n) is 5.44. The van der Waals surface area contributed by atoms with Crippen molar-refractivity contribution < 1.29 is 9.53 Å². The van der Waals surface area contributed by atoms with E-state index in [1.807, 2.05) is 14.0 Å². The van der Waals surface area contributed by atoms with Crippen LogP contribution in [0.2, 0.25) is 0 Å². The molecular weight excluding hydrogens is 228 g/mol. The Bertz CT molecular complexity index is 267. The lowest BCUT2D eigenvalue weighted by Crippen LogP contribution is -2.50. The van der Waals surface area contributed by atoms with Gasteiger partial charge in [-0.25, -0.2) is 0 Å². The molecule has 4 heteroatoms. The molecule has 0 bridgehead atoms. The molecule has 0 radical (unpaired) electrons. The molecule has 0 amide bonds. The number of ether oxygens (including phenoxy) is 1. The average molecular weight is 256 g/mol. The van der Waals surface area contributed by atoms with E-state index >= 15 is 0 Å². The van der Waals surface area contributed by atoms with E-state index in [1.54, 1.807) is 0 Å². The van der Waals surface area contributed by atoms with Crippen molar-refractivity contribution in [1.29, 1.82) is 0 Å². The second kappa shape index (κ2) is 7.10. The third-order valence-corrected chi connectivity index (χ3v) is 3.95. The molecule has 0 aromatic rings. The minimum atomic E-state index is -0.561. The van der Waals surface area contributed by atoms with Crippen LogP contribution in [0.5, 0.6) is 0 Å². The van der Waals surface area contributed by atoms with E-state index in [0.29, 0.717) is 0 Å². The van der Waals surface area contributed by atoms with Crippen LogP contribution in [0.3, 0.4) is 0 Å². The summed E-state index contributed by atoms with van der Waals surface area (Å²) < 4.78 is 4.88. The zero-order valence-electron chi connectivity index (χ0n) is 12.3.